The highest BCUT2D eigenvalue weighted by molar-refractivity contribution is 5.91. The average Bonchev–Trinajstić information content (AvgIpc) is 2.83. The monoisotopic (exact) mass is 255 g/mol. The molecule has 0 radical (unpaired) electrons. The average molecular weight is 255 g/mol. The summed E-state index contributed by atoms with van der Waals surface area (Å²) < 4.78 is 5.36. The fourth-order valence-electron chi connectivity index (χ4n) is 1.79. The molecule has 3 heteroatoms. The van der Waals surface area contributed by atoms with E-state index < -0.39 is 0 Å². The molecule has 3 nitrogen and oxygen atoms in total. The van der Waals surface area contributed by atoms with Crippen molar-refractivity contribution in [3.8, 4) is 0 Å². The number of furan rings is 1. The maximum Gasteiger partial charge on any atom is 0.244 e. The highest BCUT2D eigenvalue weighted by Gasteiger charge is 2.06. The van der Waals surface area contributed by atoms with Gasteiger partial charge in [0.25, 0.3) is 0 Å². The van der Waals surface area contributed by atoms with E-state index in [9.17, 15) is 4.79 Å². The van der Waals surface area contributed by atoms with Crippen molar-refractivity contribution in [2.45, 2.75) is 19.9 Å². The third-order valence-electron chi connectivity index (χ3n) is 2.82. The van der Waals surface area contributed by atoms with Crippen LogP contribution in [-0.4, -0.2) is 5.91 Å². The summed E-state index contributed by atoms with van der Waals surface area (Å²) in [6, 6.07) is 13.5. The zero-order valence-corrected chi connectivity index (χ0v) is 11.1. The van der Waals surface area contributed by atoms with Gasteiger partial charge in [-0.05, 0) is 37.6 Å². The summed E-state index contributed by atoms with van der Waals surface area (Å²) in [7, 11) is 0. The summed E-state index contributed by atoms with van der Waals surface area (Å²) in [6.07, 6.45) is 3.15. The van der Waals surface area contributed by atoms with Gasteiger partial charge in [-0.3, -0.25) is 4.79 Å². The van der Waals surface area contributed by atoms with Crippen molar-refractivity contribution in [3.63, 3.8) is 0 Å². The fraction of sp³-hybridized carbons (Fsp3) is 0.188. The van der Waals surface area contributed by atoms with Crippen LogP contribution in [0.1, 0.15) is 30.0 Å². The Morgan fingerprint density at radius 2 is 1.95 bits per heavy atom. The Hall–Kier alpha value is -2.29. The summed E-state index contributed by atoms with van der Waals surface area (Å²) >= 11 is 0. The van der Waals surface area contributed by atoms with Gasteiger partial charge < -0.3 is 9.73 Å². The Labute approximate surface area is 112 Å². The van der Waals surface area contributed by atoms with Gasteiger partial charge >= 0.3 is 0 Å². The molecule has 1 aromatic heterocycles. The molecule has 19 heavy (non-hydrogen) atoms. The van der Waals surface area contributed by atoms with Crippen molar-refractivity contribution in [3.05, 3.63) is 65.6 Å². The smallest absolute Gasteiger partial charge is 0.244 e. The van der Waals surface area contributed by atoms with Gasteiger partial charge in [-0.2, -0.15) is 0 Å². The minimum absolute atomic E-state index is 0.0170. The predicted molar refractivity (Wildman–Crippen MR) is 75.5 cm³/mol. The first-order valence-electron chi connectivity index (χ1n) is 6.25. The van der Waals surface area contributed by atoms with Crippen molar-refractivity contribution in [1.82, 2.24) is 5.32 Å². The van der Waals surface area contributed by atoms with Crippen LogP contribution in [0.4, 0.5) is 0 Å². The third-order valence-corrected chi connectivity index (χ3v) is 2.82. The molecule has 0 fully saturated rings. The van der Waals surface area contributed by atoms with Crippen molar-refractivity contribution in [2.24, 2.45) is 0 Å². The molecule has 0 spiro atoms. The van der Waals surface area contributed by atoms with E-state index in [-0.39, 0.29) is 11.9 Å². The highest BCUT2D eigenvalue weighted by atomic mass is 16.3. The van der Waals surface area contributed by atoms with Crippen LogP contribution in [0.2, 0.25) is 0 Å². The second-order valence-corrected chi connectivity index (χ2v) is 4.42. The molecule has 2 rings (SSSR count). The Morgan fingerprint density at radius 1 is 1.21 bits per heavy atom. The largest absolute Gasteiger partial charge is 0.462 e. The highest BCUT2D eigenvalue weighted by Crippen LogP contribution is 2.11. The molecule has 1 aromatic carbocycles. The zero-order valence-electron chi connectivity index (χ0n) is 11.1. The number of hydrogen-bond acceptors (Lipinski definition) is 2. The number of amides is 1. The van der Waals surface area contributed by atoms with Gasteiger partial charge in [0.2, 0.25) is 5.91 Å². The van der Waals surface area contributed by atoms with Gasteiger partial charge in [0.1, 0.15) is 11.5 Å². The van der Waals surface area contributed by atoms with Crippen LogP contribution in [0.5, 0.6) is 0 Å². The van der Waals surface area contributed by atoms with E-state index in [0.29, 0.717) is 5.76 Å². The topological polar surface area (TPSA) is 42.2 Å². The number of hydrogen-bond donors (Lipinski definition) is 1. The van der Waals surface area contributed by atoms with Gasteiger partial charge in [-0.25, -0.2) is 0 Å². The predicted octanol–water partition coefficient (Wildman–Crippen LogP) is 3.48. The van der Waals surface area contributed by atoms with Crippen molar-refractivity contribution in [2.75, 3.05) is 0 Å². The molecule has 2 aromatic rings. The second kappa shape index (κ2) is 6.05. The van der Waals surface area contributed by atoms with Gasteiger partial charge in [-0.1, -0.05) is 30.3 Å². The summed E-state index contributed by atoms with van der Waals surface area (Å²) in [5, 5.41) is 2.91. The fourth-order valence-corrected chi connectivity index (χ4v) is 1.79. The number of benzene rings is 1. The Kier molecular flexibility index (Phi) is 4.18. The van der Waals surface area contributed by atoms with Crippen LogP contribution in [-0.2, 0) is 4.79 Å². The number of aryl methyl sites for hydroxylation is 1. The molecule has 1 heterocycles. The van der Waals surface area contributed by atoms with Crippen LogP contribution in [0.25, 0.3) is 6.08 Å². The van der Waals surface area contributed by atoms with Gasteiger partial charge in [0, 0.05) is 6.08 Å². The Bertz CT molecular complexity index is 569. The summed E-state index contributed by atoms with van der Waals surface area (Å²) in [5.41, 5.74) is 1.08. The van der Waals surface area contributed by atoms with E-state index in [1.807, 2.05) is 56.3 Å². The van der Waals surface area contributed by atoms with Gasteiger partial charge in [0.05, 0.1) is 6.04 Å². The molecule has 0 aliphatic rings. The molecular formula is C16H17NO2. The lowest BCUT2D eigenvalue weighted by atomic mass is 10.1. The zero-order chi connectivity index (χ0) is 13.7. The summed E-state index contributed by atoms with van der Waals surface area (Å²) in [6.45, 7) is 3.83. The lowest BCUT2D eigenvalue weighted by Crippen LogP contribution is -2.24. The molecule has 0 unspecified atom stereocenters. The first-order valence-corrected chi connectivity index (χ1v) is 6.25. The quantitative estimate of drug-likeness (QED) is 0.850. The molecule has 0 aliphatic heterocycles. The number of nitrogens with one attached hydrogen (secondary N) is 1. The molecular weight excluding hydrogens is 238 g/mol. The lowest BCUT2D eigenvalue weighted by molar-refractivity contribution is -0.117. The summed E-state index contributed by atoms with van der Waals surface area (Å²) in [4.78, 5) is 11.8. The number of rotatable bonds is 4. The van der Waals surface area contributed by atoms with Crippen LogP contribution >= 0.6 is 0 Å². The normalized spacial score (nSPS) is 12.5. The van der Waals surface area contributed by atoms with Gasteiger partial charge in [-0.15, -0.1) is 0 Å². The standard InChI is InChI=1S/C16H17NO2/c1-12-8-9-15(19-12)10-11-16(18)17-13(2)14-6-4-3-5-7-14/h3-11,13H,1-2H3,(H,17,18)/b11-10+/t13-/m1/s1. The number of carbonyl (C=O) groups excluding carboxylic acids is 1. The Balaban J connectivity index is 1.93. The van der Waals surface area contributed by atoms with Crippen LogP contribution < -0.4 is 5.32 Å². The van der Waals surface area contributed by atoms with Gasteiger partial charge in [0.15, 0.2) is 0 Å². The van der Waals surface area contributed by atoms with E-state index in [4.69, 9.17) is 4.42 Å². The first kappa shape index (κ1) is 13.1. The Morgan fingerprint density at radius 3 is 2.58 bits per heavy atom. The first-order chi connectivity index (χ1) is 9.15. The molecule has 0 saturated heterocycles. The second-order valence-electron chi connectivity index (χ2n) is 4.42. The van der Waals surface area contributed by atoms with Crippen LogP contribution in [0, 0.1) is 6.92 Å². The van der Waals surface area contributed by atoms with Crippen LogP contribution in [0.15, 0.2) is 53.0 Å². The third kappa shape index (κ3) is 3.85. The SMILES string of the molecule is Cc1ccc(/C=C/C(=O)N[C@H](C)c2ccccc2)o1. The molecule has 0 bridgehead atoms. The molecule has 98 valence electrons. The van der Waals surface area contributed by atoms with Crippen molar-refractivity contribution >= 4 is 12.0 Å². The van der Waals surface area contributed by atoms with Crippen molar-refractivity contribution in [1.29, 1.82) is 0 Å². The molecule has 1 atom stereocenters. The van der Waals surface area contributed by atoms with Crippen LogP contribution in [0.3, 0.4) is 0 Å². The maximum absolute atomic E-state index is 11.8. The molecule has 0 aliphatic carbocycles. The van der Waals surface area contributed by atoms with E-state index in [0.717, 1.165) is 11.3 Å². The van der Waals surface area contributed by atoms with E-state index in [1.165, 1.54) is 6.08 Å². The van der Waals surface area contributed by atoms with E-state index in [2.05, 4.69) is 5.32 Å². The van der Waals surface area contributed by atoms with Crippen molar-refractivity contribution < 1.29 is 9.21 Å². The minimum Gasteiger partial charge on any atom is -0.462 e. The molecule has 0 saturated carbocycles. The van der Waals surface area contributed by atoms with E-state index >= 15 is 0 Å². The summed E-state index contributed by atoms with van der Waals surface area (Å²) in [5.74, 6) is 1.38. The lowest BCUT2D eigenvalue weighted by Gasteiger charge is -2.12. The maximum atomic E-state index is 11.8. The molecule has 1 N–H and O–H groups in total. The minimum atomic E-state index is -0.134. The van der Waals surface area contributed by atoms with E-state index in [1.54, 1.807) is 6.08 Å². The molecule has 1 amide bonds. The number of carbonyl (C=O) groups is 1.